The fourth-order valence-electron chi connectivity index (χ4n) is 7.26. The topological polar surface area (TPSA) is 46.2 Å². The molecule has 0 aliphatic heterocycles. The van der Waals surface area contributed by atoms with Crippen molar-refractivity contribution in [2.24, 2.45) is 7.05 Å². The standard InChI is InChI=1S/C50H58N6O2/c1-51(2)43-23-15-37(16-24-43)47(38-17-25-44(26-18-38)52(3)4)32-41-13-14-42(49(41)56(10)50(57)58-35-36-12-11-31-55(9)34-36)33-48(39-19-27-45(28-20-39)53(5)6)40-21-29-46(30-22-40)54(7)8/h11-12,15-34H,13-14,35H2,1-10H3/q+2. The zero-order valence-electron chi connectivity index (χ0n) is 35.8. The van der Waals surface area contributed by atoms with Crippen LogP contribution in [0.25, 0.3) is 11.1 Å². The summed E-state index contributed by atoms with van der Waals surface area (Å²) in [4.78, 5) is 22.2. The van der Waals surface area contributed by atoms with E-state index in [1.54, 1.807) is 4.90 Å². The summed E-state index contributed by atoms with van der Waals surface area (Å²) in [6.07, 6.45) is 18.3. The molecular formula is C50H58N6O2+2. The molecule has 0 bridgehead atoms. The molecule has 0 unspecified atom stereocenters. The Morgan fingerprint density at radius 1 is 0.707 bits per heavy atom. The molecule has 8 nitrogen and oxygen atoms in total. The van der Waals surface area contributed by atoms with Gasteiger partial charge in [-0.15, -0.1) is 0 Å². The maximum Gasteiger partial charge on any atom is 0.414 e. The van der Waals surface area contributed by atoms with Gasteiger partial charge in [0.2, 0.25) is 0 Å². The Balaban J connectivity index is 1.53. The Hall–Kier alpha value is -6.41. The average Bonchev–Trinajstić information content (AvgIpc) is 3.62. The number of benzene rings is 3. The Kier molecular flexibility index (Phi) is 13.0. The number of allylic oxidation sites excluding steroid dienone is 10. The number of rotatable bonds is 11. The molecule has 2 aliphatic rings. The second kappa shape index (κ2) is 18.2. The Morgan fingerprint density at radius 2 is 1.22 bits per heavy atom. The summed E-state index contributed by atoms with van der Waals surface area (Å²) in [6, 6.07) is 30.0. The molecule has 0 saturated heterocycles. The van der Waals surface area contributed by atoms with Crippen LogP contribution in [0.2, 0.25) is 0 Å². The summed E-state index contributed by atoms with van der Waals surface area (Å²) in [7, 11) is 20.3. The van der Waals surface area contributed by atoms with Gasteiger partial charge in [0, 0.05) is 84.6 Å². The number of pyridine rings is 1. The Morgan fingerprint density at radius 3 is 1.71 bits per heavy atom. The molecule has 0 spiro atoms. The molecule has 0 radical (unpaired) electrons. The van der Waals surface area contributed by atoms with Crippen LogP contribution in [0.5, 0.6) is 0 Å². The summed E-state index contributed by atoms with van der Waals surface area (Å²) < 4.78 is 10.1. The summed E-state index contributed by atoms with van der Waals surface area (Å²) in [5, 5.41) is 0. The fourth-order valence-corrected chi connectivity index (χ4v) is 7.26. The van der Waals surface area contributed by atoms with Crippen LogP contribution >= 0.6 is 0 Å². The molecule has 1 amide bonds. The molecular weight excluding hydrogens is 717 g/mol. The van der Waals surface area contributed by atoms with Gasteiger partial charge in [-0.25, -0.2) is 13.9 Å². The lowest BCUT2D eigenvalue weighted by atomic mass is 9.93. The van der Waals surface area contributed by atoms with Crippen molar-refractivity contribution in [2.75, 3.05) is 78.1 Å². The quantitative estimate of drug-likeness (QED) is 0.143. The first kappa shape index (κ1) is 41.2. The Bertz CT molecular complexity index is 2280. The van der Waals surface area contributed by atoms with Crippen LogP contribution in [0.4, 0.5) is 21.9 Å². The van der Waals surface area contributed by atoms with E-state index in [-0.39, 0.29) is 6.61 Å². The molecule has 0 fully saturated rings. The van der Waals surface area contributed by atoms with Crippen molar-refractivity contribution >= 4 is 40.0 Å². The second-order valence-electron chi connectivity index (χ2n) is 15.8. The first-order valence-electron chi connectivity index (χ1n) is 19.8. The fraction of sp³-hybridized carbons (Fsp3) is 0.260. The van der Waals surface area contributed by atoms with Crippen molar-refractivity contribution in [3.05, 3.63) is 178 Å². The van der Waals surface area contributed by atoms with Crippen LogP contribution in [0.3, 0.4) is 0 Å². The van der Waals surface area contributed by atoms with Gasteiger partial charge in [0.1, 0.15) is 27.7 Å². The zero-order valence-corrected chi connectivity index (χ0v) is 35.8. The van der Waals surface area contributed by atoms with Gasteiger partial charge in [-0.05, 0) is 124 Å². The lowest BCUT2D eigenvalue weighted by molar-refractivity contribution is -0.672. The van der Waals surface area contributed by atoms with Crippen molar-refractivity contribution in [3.63, 3.8) is 0 Å². The summed E-state index contributed by atoms with van der Waals surface area (Å²) >= 11 is 0. The first-order chi connectivity index (χ1) is 27.8. The molecule has 3 aromatic carbocycles. The van der Waals surface area contributed by atoms with Crippen LogP contribution in [0, 0.1) is 0 Å². The summed E-state index contributed by atoms with van der Waals surface area (Å²) in [6.45, 7) is 0.172. The van der Waals surface area contributed by atoms with E-state index in [1.165, 1.54) is 0 Å². The lowest BCUT2D eigenvalue weighted by Gasteiger charge is -2.22. The van der Waals surface area contributed by atoms with E-state index in [0.717, 1.165) is 91.4 Å². The predicted octanol–water partition coefficient (Wildman–Crippen LogP) is 8.68. The molecule has 2 aliphatic carbocycles. The van der Waals surface area contributed by atoms with E-state index in [9.17, 15) is 4.79 Å². The molecule has 298 valence electrons. The first-order valence-corrected chi connectivity index (χ1v) is 19.8. The number of nitrogens with zero attached hydrogens (tertiary/aromatic N) is 6. The van der Waals surface area contributed by atoms with Crippen LogP contribution in [-0.2, 0) is 18.4 Å². The zero-order chi connectivity index (χ0) is 41.5. The molecule has 6 rings (SSSR count). The average molecular weight is 775 g/mol. The van der Waals surface area contributed by atoms with E-state index < -0.39 is 6.09 Å². The molecule has 0 N–H and O–H groups in total. The largest absolute Gasteiger partial charge is 0.444 e. The van der Waals surface area contributed by atoms with E-state index in [4.69, 9.17) is 4.74 Å². The highest BCUT2D eigenvalue weighted by atomic mass is 16.6. The molecule has 0 atom stereocenters. The number of hydrogen-bond donors (Lipinski definition) is 0. The van der Waals surface area contributed by atoms with Gasteiger partial charge in [-0.1, -0.05) is 36.4 Å². The van der Waals surface area contributed by atoms with Crippen LogP contribution in [0.1, 0.15) is 35.1 Å². The van der Waals surface area contributed by atoms with E-state index in [2.05, 4.69) is 185 Å². The van der Waals surface area contributed by atoms with Crippen LogP contribution in [0.15, 0.2) is 156 Å². The SMILES string of the molecule is CN(C(=O)OCc1ccc[n+](C)c1)C1=C(C=C(c2ccc(N(C)C)cc2)c2ccc(N(C)C)cc2)CC/C1=C\C(=C1C=CC(=[N+](C)C)C=C1)c1ccc(N(C)C)cc1. The maximum atomic E-state index is 14.1. The highest BCUT2D eigenvalue weighted by molar-refractivity contribution is 6.03. The minimum absolute atomic E-state index is 0.172. The van der Waals surface area contributed by atoms with Crippen molar-refractivity contribution < 1.29 is 18.7 Å². The molecule has 1 aromatic heterocycles. The molecule has 1 heterocycles. The number of carbonyl (C=O) groups is 1. The van der Waals surface area contributed by atoms with Gasteiger partial charge >= 0.3 is 6.09 Å². The lowest BCUT2D eigenvalue weighted by Crippen LogP contribution is -2.29. The van der Waals surface area contributed by atoms with E-state index in [0.29, 0.717) is 0 Å². The molecule has 4 aromatic rings. The van der Waals surface area contributed by atoms with Gasteiger partial charge in [0.25, 0.3) is 0 Å². The molecule has 0 saturated carbocycles. The summed E-state index contributed by atoms with van der Waals surface area (Å²) in [5.41, 5.74) is 15.0. The summed E-state index contributed by atoms with van der Waals surface area (Å²) in [5.74, 6) is 0. The third-order valence-electron chi connectivity index (χ3n) is 10.7. The number of amides is 1. The van der Waals surface area contributed by atoms with Crippen LogP contribution in [-0.4, -0.2) is 84.7 Å². The van der Waals surface area contributed by atoms with Gasteiger partial charge in [0.05, 0.1) is 11.3 Å². The predicted molar refractivity (Wildman–Crippen MR) is 242 cm³/mol. The number of hydrogen-bond acceptors (Lipinski definition) is 5. The normalized spacial score (nSPS) is 14.1. The van der Waals surface area contributed by atoms with Gasteiger partial charge in [-0.3, -0.25) is 4.90 Å². The Labute approximate surface area is 345 Å². The number of aromatic nitrogens is 1. The number of ether oxygens (including phenoxy) is 1. The van der Waals surface area contributed by atoms with Gasteiger partial charge < -0.3 is 19.4 Å². The second-order valence-corrected chi connectivity index (χ2v) is 15.8. The smallest absolute Gasteiger partial charge is 0.414 e. The van der Waals surface area contributed by atoms with Gasteiger partial charge in [-0.2, -0.15) is 0 Å². The monoisotopic (exact) mass is 774 g/mol. The minimum atomic E-state index is -0.403. The molecule has 8 heteroatoms. The number of anilines is 3. The molecule has 58 heavy (non-hydrogen) atoms. The minimum Gasteiger partial charge on any atom is -0.444 e. The van der Waals surface area contributed by atoms with E-state index >= 15 is 0 Å². The number of aryl methyl sites for hydroxylation is 1. The number of likely N-dealkylation sites (N-methyl/N-ethyl adjacent to an activating group) is 1. The van der Waals surface area contributed by atoms with Crippen molar-refractivity contribution in [3.8, 4) is 0 Å². The highest BCUT2D eigenvalue weighted by Gasteiger charge is 2.28. The van der Waals surface area contributed by atoms with Crippen molar-refractivity contribution in [1.29, 1.82) is 0 Å². The van der Waals surface area contributed by atoms with Crippen molar-refractivity contribution in [2.45, 2.75) is 19.4 Å². The van der Waals surface area contributed by atoms with Gasteiger partial charge in [0.15, 0.2) is 18.1 Å². The third kappa shape index (κ3) is 9.75. The maximum absolute atomic E-state index is 14.1. The van der Waals surface area contributed by atoms with E-state index in [1.807, 2.05) is 43.2 Å². The number of carbonyl (C=O) groups excluding carboxylic acids is 1. The van der Waals surface area contributed by atoms with Crippen molar-refractivity contribution in [1.82, 2.24) is 4.90 Å². The third-order valence-corrected chi connectivity index (χ3v) is 10.7. The van der Waals surface area contributed by atoms with Crippen LogP contribution < -0.4 is 19.3 Å². The highest BCUT2D eigenvalue weighted by Crippen LogP contribution is 2.40.